The fourth-order valence-corrected chi connectivity index (χ4v) is 2.32. The van der Waals surface area contributed by atoms with E-state index in [1.54, 1.807) is 0 Å². The van der Waals surface area contributed by atoms with E-state index in [-0.39, 0.29) is 17.9 Å². The number of carbonyl (C=O) groups is 1. The molecule has 4 heteroatoms. The lowest BCUT2D eigenvalue weighted by Gasteiger charge is -2.21. The average molecular weight is 242 g/mol. The molecule has 1 rings (SSSR count). The highest BCUT2D eigenvalue weighted by atomic mass is 16.3. The Morgan fingerprint density at radius 2 is 2.18 bits per heavy atom. The Morgan fingerprint density at radius 3 is 2.71 bits per heavy atom. The monoisotopic (exact) mass is 242 g/mol. The van der Waals surface area contributed by atoms with Crippen LogP contribution in [0.3, 0.4) is 0 Å². The summed E-state index contributed by atoms with van der Waals surface area (Å²) in [5.74, 6) is 0.601. The van der Waals surface area contributed by atoms with Crippen LogP contribution in [-0.4, -0.2) is 35.2 Å². The lowest BCUT2D eigenvalue weighted by Crippen LogP contribution is -2.36. The zero-order valence-corrected chi connectivity index (χ0v) is 11.3. The highest BCUT2D eigenvalue weighted by Gasteiger charge is 2.29. The number of carbonyl (C=O) groups excluding carboxylic acids is 1. The maximum absolute atomic E-state index is 11.5. The number of hydrogen-bond acceptors (Lipinski definition) is 3. The average Bonchev–Trinajstić information content (AvgIpc) is 2.67. The third-order valence-corrected chi connectivity index (χ3v) is 3.67. The second kappa shape index (κ2) is 6.97. The highest BCUT2D eigenvalue weighted by molar-refractivity contribution is 5.80. The Balaban J connectivity index is 2.25. The van der Waals surface area contributed by atoms with Gasteiger partial charge in [-0.05, 0) is 25.2 Å². The number of rotatable bonds is 7. The largest absolute Gasteiger partial charge is 0.393 e. The van der Waals surface area contributed by atoms with Crippen LogP contribution < -0.4 is 5.43 Å². The lowest BCUT2D eigenvalue weighted by atomic mass is 9.97. The van der Waals surface area contributed by atoms with Gasteiger partial charge in [0, 0.05) is 13.1 Å². The van der Waals surface area contributed by atoms with Crippen LogP contribution in [0.15, 0.2) is 0 Å². The first-order valence-corrected chi connectivity index (χ1v) is 6.81. The third-order valence-electron chi connectivity index (χ3n) is 3.67. The van der Waals surface area contributed by atoms with E-state index in [0.29, 0.717) is 5.92 Å². The van der Waals surface area contributed by atoms with Gasteiger partial charge in [0.15, 0.2) is 0 Å². The molecule has 17 heavy (non-hydrogen) atoms. The summed E-state index contributed by atoms with van der Waals surface area (Å²) < 4.78 is 0. The number of nitrogens with zero attached hydrogens (tertiary/aromatic N) is 1. The van der Waals surface area contributed by atoms with Gasteiger partial charge in [-0.1, -0.05) is 27.2 Å². The molecule has 0 radical (unpaired) electrons. The Labute approximate surface area is 104 Å². The van der Waals surface area contributed by atoms with Crippen molar-refractivity contribution in [3.8, 4) is 0 Å². The lowest BCUT2D eigenvalue weighted by molar-refractivity contribution is -0.123. The van der Waals surface area contributed by atoms with Crippen LogP contribution in [0.4, 0.5) is 0 Å². The summed E-state index contributed by atoms with van der Waals surface area (Å²) in [6.45, 7) is 7.79. The molecule has 0 aromatic rings. The first-order valence-electron chi connectivity index (χ1n) is 6.81. The molecular formula is C13H26N2O2. The Kier molecular flexibility index (Phi) is 5.92. The van der Waals surface area contributed by atoms with Gasteiger partial charge in [0.1, 0.15) is 0 Å². The molecule has 1 saturated heterocycles. The maximum Gasteiger partial charge on any atom is 0.238 e. The molecule has 0 bridgehead atoms. The number of aliphatic hydroxyl groups is 1. The van der Waals surface area contributed by atoms with E-state index < -0.39 is 0 Å². The van der Waals surface area contributed by atoms with Crippen molar-refractivity contribution in [1.82, 2.24) is 10.4 Å². The van der Waals surface area contributed by atoms with Gasteiger partial charge in [-0.3, -0.25) is 10.2 Å². The number of hydrogen-bond donors (Lipinski definition) is 2. The van der Waals surface area contributed by atoms with E-state index in [2.05, 4.69) is 19.3 Å². The Bertz CT molecular complexity index is 246. The zero-order chi connectivity index (χ0) is 12.8. The summed E-state index contributed by atoms with van der Waals surface area (Å²) in [5.41, 5.74) is 2.86. The minimum absolute atomic E-state index is 0.125. The number of nitrogens with one attached hydrogen (secondary N) is 1. The van der Waals surface area contributed by atoms with E-state index in [0.717, 1.165) is 38.8 Å². The second-order valence-corrected chi connectivity index (χ2v) is 5.15. The van der Waals surface area contributed by atoms with Crippen molar-refractivity contribution in [3.05, 3.63) is 0 Å². The van der Waals surface area contributed by atoms with Gasteiger partial charge in [-0.25, -0.2) is 5.01 Å². The molecule has 1 aliphatic heterocycles. The summed E-state index contributed by atoms with van der Waals surface area (Å²) in [6.07, 6.45) is 3.53. The van der Waals surface area contributed by atoms with E-state index in [1.807, 2.05) is 11.9 Å². The molecule has 1 aliphatic rings. The number of hydrazine groups is 1. The number of aliphatic hydroxyl groups excluding tert-OH is 1. The molecular weight excluding hydrogens is 216 g/mol. The van der Waals surface area contributed by atoms with Crippen molar-refractivity contribution in [3.63, 3.8) is 0 Å². The molecule has 1 heterocycles. The van der Waals surface area contributed by atoms with Crippen LogP contribution in [0.2, 0.25) is 0 Å². The van der Waals surface area contributed by atoms with Crippen molar-refractivity contribution >= 4 is 5.91 Å². The van der Waals surface area contributed by atoms with E-state index in [4.69, 9.17) is 0 Å². The summed E-state index contributed by atoms with van der Waals surface area (Å²) in [5, 5.41) is 11.9. The zero-order valence-electron chi connectivity index (χ0n) is 11.3. The summed E-state index contributed by atoms with van der Waals surface area (Å²) in [6, 6.07) is 0. The van der Waals surface area contributed by atoms with Crippen molar-refractivity contribution in [1.29, 1.82) is 0 Å². The molecule has 0 aromatic heterocycles. The van der Waals surface area contributed by atoms with Crippen LogP contribution in [0, 0.1) is 11.8 Å². The van der Waals surface area contributed by atoms with Crippen molar-refractivity contribution in [2.24, 2.45) is 11.8 Å². The molecule has 1 amide bonds. The van der Waals surface area contributed by atoms with Gasteiger partial charge in [0.05, 0.1) is 12.0 Å². The van der Waals surface area contributed by atoms with Gasteiger partial charge in [-0.2, -0.15) is 0 Å². The normalized spacial score (nSPS) is 24.7. The van der Waals surface area contributed by atoms with Crippen LogP contribution in [-0.2, 0) is 4.79 Å². The molecule has 0 aliphatic carbocycles. The van der Waals surface area contributed by atoms with Crippen LogP contribution >= 0.6 is 0 Å². The second-order valence-electron chi connectivity index (χ2n) is 5.15. The van der Waals surface area contributed by atoms with E-state index >= 15 is 0 Å². The SMILES string of the molecule is CCCC(C)C(O)CCN1CC(CC)C(=O)N1. The Morgan fingerprint density at radius 1 is 1.47 bits per heavy atom. The van der Waals surface area contributed by atoms with Crippen molar-refractivity contribution < 1.29 is 9.90 Å². The summed E-state index contributed by atoms with van der Waals surface area (Å²) >= 11 is 0. The van der Waals surface area contributed by atoms with E-state index in [9.17, 15) is 9.90 Å². The topological polar surface area (TPSA) is 52.6 Å². The predicted molar refractivity (Wildman–Crippen MR) is 68.2 cm³/mol. The van der Waals surface area contributed by atoms with Gasteiger partial charge in [0.25, 0.3) is 0 Å². The molecule has 3 unspecified atom stereocenters. The minimum Gasteiger partial charge on any atom is -0.393 e. The molecule has 0 spiro atoms. The van der Waals surface area contributed by atoms with Gasteiger partial charge >= 0.3 is 0 Å². The first kappa shape index (κ1) is 14.5. The molecule has 2 N–H and O–H groups in total. The van der Waals surface area contributed by atoms with Crippen molar-refractivity contribution in [2.45, 2.75) is 52.6 Å². The molecule has 0 saturated carbocycles. The smallest absolute Gasteiger partial charge is 0.238 e. The molecule has 3 atom stereocenters. The third kappa shape index (κ3) is 4.28. The molecule has 4 nitrogen and oxygen atoms in total. The molecule has 1 fully saturated rings. The van der Waals surface area contributed by atoms with Crippen LogP contribution in [0.25, 0.3) is 0 Å². The standard InChI is InChI=1S/C13H26N2O2/c1-4-6-10(3)12(16)7-8-15-9-11(5-2)13(17)14-15/h10-12,16H,4-9H2,1-3H3,(H,14,17). The van der Waals surface area contributed by atoms with Crippen molar-refractivity contribution in [2.75, 3.05) is 13.1 Å². The predicted octanol–water partition coefficient (Wildman–Crippen LogP) is 1.55. The molecule has 0 aromatic carbocycles. The van der Waals surface area contributed by atoms with Gasteiger partial charge in [-0.15, -0.1) is 0 Å². The Hall–Kier alpha value is -0.610. The van der Waals surface area contributed by atoms with Crippen LogP contribution in [0.5, 0.6) is 0 Å². The minimum atomic E-state index is -0.257. The molecule has 100 valence electrons. The fourth-order valence-electron chi connectivity index (χ4n) is 2.32. The highest BCUT2D eigenvalue weighted by Crippen LogP contribution is 2.16. The quantitative estimate of drug-likeness (QED) is 0.712. The maximum atomic E-state index is 11.5. The van der Waals surface area contributed by atoms with E-state index in [1.165, 1.54) is 0 Å². The first-order chi connectivity index (χ1) is 8.08. The summed E-state index contributed by atoms with van der Waals surface area (Å²) in [4.78, 5) is 11.5. The van der Waals surface area contributed by atoms with Crippen LogP contribution in [0.1, 0.15) is 46.5 Å². The van der Waals surface area contributed by atoms with Gasteiger partial charge < -0.3 is 5.11 Å². The summed E-state index contributed by atoms with van der Waals surface area (Å²) in [7, 11) is 0. The number of amides is 1. The van der Waals surface area contributed by atoms with Gasteiger partial charge in [0.2, 0.25) is 5.91 Å². The fraction of sp³-hybridized carbons (Fsp3) is 0.923.